The lowest BCUT2D eigenvalue weighted by Gasteiger charge is -2.28. The van der Waals surface area contributed by atoms with E-state index in [1.54, 1.807) is 0 Å². The Morgan fingerprint density at radius 3 is 2.29 bits per heavy atom. The Labute approximate surface area is 143 Å². The van der Waals surface area contributed by atoms with Crippen LogP contribution in [0.5, 0.6) is 0 Å². The lowest BCUT2D eigenvalue weighted by Crippen LogP contribution is -2.54. The highest BCUT2D eigenvalue weighted by molar-refractivity contribution is 7.80. The van der Waals surface area contributed by atoms with Gasteiger partial charge in [-0.25, -0.2) is 4.39 Å². The minimum Gasteiger partial charge on any atom is -0.298 e. The van der Waals surface area contributed by atoms with E-state index in [0.717, 1.165) is 11.1 Å². The van der Waals surface area contributed by atoms with E-state index in [2.05, 4.69) is 5.32 Å². The molecule has 0 aromatic heterocycles. The molecular formula is C18H13FN2O2S. The number of benzene rings is 2. The van der Waals surface area contributed by atoms with Crippen molar-refractivity contribution in [3.8, 4) is 0 Å². The van der Waals surface area contributed by atoms with Crippen LogP contribution in [0.2, 0.25) is 0 Å². The number of nitrogens with one attached hydrogen (secondary N) is 1. The number of nitrogens with zero attached hydrogens (tertiary/aromatic N) is 1. The van der Waals surface area contributed by atoms with E-state index < -0.39 is 17.6 Å². The molecule has 1 fully saturated rings. The van der Waals surface area contributed by atoms with Gasteiger partial charge in [0.05, 0.1) is 5.69 Å². The number of aryl methyl sites for hydroxylation is 1. The van der Waals surface area contributed by atoms with E-state index in [4.69, 9.17) is 12.2 Å². The number of amides is 2. The lowest BCUT2D eigenvalue weighted by atomic mass is 10.1. The first-order valence-corrected chi connectivity index (χ1v) is 7.60. The normalized spacial score (nSPS) is 16.5. The standard InChI is InChI=1S/C18H13FN2O2S/c1-11-2-4-12(5-3-11)10-15-16(22)20-18(24)21(17(15)23)14-8-6-13(19)7-9-14/h2-10H,1H3,(H,20,22,24). The van der Waals surface area contributed by atoms with Gasteiger partial charge in [-0.1, -0.05) is 29.8 Å². The van der Waals surface area contributed by atoms with E-state index in [9.17, 15) is 14.0 Å². The first-order chi connectivity index (χ1) is 11.5. The molecule has 1 heterocycles. The molecule has 0 saturated carbocycles. The second kappa shape index (κ2) is 6.33. The predicted molar refractivity (Wildman–Crippen MR) is 93.8 cm³/mol. The molecule has 1 saturated heterocycles. The van der Waals surface area contributed by atoms with Gasteiger partial charge in [-0.3, -0.25) is 19.8 Å². The molecule has 1 aliphatic rings. The number of hydrogen-bond acceptors (Lipinski definition) is 3. The summed E-state index contributed by atoms with van der Waals surface area (Å²) in [6.07, 6.45) is 1.51. The van der Waals surface area contributed by atoms with Crippen LogP contribution in [-0.4, -0.2) is 16.9 Å². The van der Waals surface area contributed by atoms with Crippen molar-refractivity contribution in [1.82, 2.24) is 5.32 Å². The van der Waals surface area contributed by atoms with E-state index in [-0.39, 0.29) is 10.7 Å². The molecule has 0 aliphatic carbocycles. The Balaban J connectivity index is 1.99. The van der Waals surface area contributed by atoms with Crippen molar-refractivity contribution >= 4 is 40.9 Å². The van der Waals surface area contributed by atoms with Gasteiger partial charge in [0.25, 0.3) is 11.8 Å². The van der Waals surface area contributed by atoms with Gasteiger partial charge in [0.1, 0.15) is 11.4 Å². The third-order valence-corrected chi connectivity index (χ3v) is 3.86. The largest absolute Gasteiger partial charge is 0.298 e. The van der Waals surface area contributed by atoms with Gasteiger partial charge in [-0.15, -0.1) is 0 Å². The number of rotatable bonds is 2. The Morgan fingerprint density at radius 1 is 1.04 bits per heavy atom. The van der Waals surface area contributed by atoms with Gasteiger partial charge in [0, 0.05) is 0 Å². The molecule has 1 N–H and O–H groups in total. The molecule has 4 nitrogen and oxygen atoms in total. The molecule has 0 unspecified atom stereocenters. The third-order valence-electron chi connectivity index (χ3n) is 3.57. The highest BCUT2D eigenvalue weighted by atomic mass is 32.1. The smallest absolute Gasteiger partial charge is 0.270 e. The zero-order valence-electron chi connectivity index (χ0n) is 12.7. The molecule has 2 amide bonds. The minimum atomic E-state index is -0.552. The summed E-state index contributed by atoms with van der Waals surface area (Å²) in [5.74, 6) is -1.52. The Hall–Kier alpha value is -2.86. The number of thiocarbonyl (C=S) groups is 1. The van der Waals surface area contributed by atoms with E-state index >= 15 is 0 Å². The van der Waals surface area contributed by atoms with Gasteiger partial charge in [0.15, 0.2) is 5.11 Å². The minimum absolute atomic E-state index is 0.0299. The first kappa shape index (κ1) is 16.0. The summed E-state index contributed by atoms with van der Waals surface area (Å²) >= 11 is 5.08. The van der Waals surface area contributed by atoms with Crippen molar-refractivity contribution in [2.45, 2.75) is 6.92 Å². The second-order valence-electron chi connectivity index (χ2n) is 5.34. The quantitative estimate of drug-likeness (QED) is 0.519. The Kier molecular flexibility index (Phi) is 4.22. The maximum Gasteiger partial charge on any atom is 0.270 e. The number of carbonyl (C=O) groups excluding carboxylic acids is 2. The summed E-state index contributed by atoms with van der Waals surface area (Å²) < 4.78 is 13.1. The van der Waals surface area contributed by atoms with Crippen molar-refractivity contribution in [3.05, 3.63) is 71.0 Å². The number of hydrogen-bond donors (Lipinski definition) is 1. The van der Waals surface area contributed by atoms with Crippen molar-refractivity contribution in [1.29, 1.82) is 0 Å². The van der Waals surface area contributed by atoms with Crippen LogP contribution >= 0.6 is 12.2 Å². The van der Waals surface area contributed by atoms with Crippen LogP contribution in [0, 0.1) is 12.7 Å². The maximum absolute atomic E-state index is 13.1. The Bertz CT molecular complexity index is 858. The molecule has 3 rings (SSSR count). The average molecular weight is 340 g/mol. The molecule has 24 heavy (non-hydrogen) atoms. The van der Waals surface area contributed by atoms with Crippen LogP contribution in [0.25, 0.3) is 6.08 Å². The molecule has 120 valence electrons. The monoisotopic (exact) mass is 340 g/mol. The fourth-order valence-electron chi connectivity index (χ4n) is 2.31. The van der Waals surface area contributed by atoms with E-state index in [0.29, 0.717) is 5.69 Å². The predicted octanol–water partition coefficient (Wildman–Crippen LogP) is 2.97. The summed E-state index contributed by atoms with van der Waals surface area (Å²) in [6.45, 7) is 1.95. The number of anilines is 1. The summed E-state index contributed by atoms with van der Waals surface area (Å²) in [5, 5.41) is 2.46. The van der Waals surface area contributed by atoms with Crippen molar-refractivity contribution in [2.75, 3.05) is 4.90 Å². The zero-order chi connectivity index (χ0) is 17.3. The van der Waals surface area contributed by atoms with Gasteiger partial charge >= 0.3 is 0 Å². The summed E-state index contributed by atoms with van der Waals surface area (Å²) in [4.78, 5) is 26.0. The van der Waals surface area contributed by atoms with Gasteiger partial charge in [-0.05, 0) is 55.0 Å². The maximum atomic E-state index is 13.1. The van der Waals surface area contributed by atoms with Crippen molar-refractivity contribution < 1.29 is 14.0 Å². The number of carbonyl (C=O) groups is 2. The van der Waals surface area contributed by atoms with Gasteiger partial charge < -0.3 is 0 Å². The van der Waals surface area contributed by atoms with Gasteiger partial charge in [-0.2, -0.15) is 0 Å². The van der Waals surface area contributed by atoms with Crippen LogP contribution in [0.3, 0.4) is 0 Å². The second-order valence-corrected chi connectivity index (χ2v) is 5.73. The van der Waals surface area contributed by atoms with Crippen LogP contribution < -0.4 is 10.2 Å². The molecule has 0 radical (unpaired) electrons. The lowest BCUT2D eigenvalue weighted by molar-refractivity contribution is -0.122. The molecular weight excluding hydrogens is 327 g/mol. The number of halogens is 1. The average Bonchev–Trinajstić information content (AvgIpc) is 2.55. The van der Waals surface area contributed by atoms with Crippen LogP contribution in [0.1, 0.15) is 11.1 Å². The molecule has 1 aliphatic heterocycles. The zero-order valence-corrected chi connectivity index (χ0v) is 13.6. The summed E-state index contributed by atoms with van der Waals surface area (Å²) in [7, 11) is 0. The molecule has 2 aromatic rings. The summed E-state index contributed by atoms with van der Waals surface area (Å²) in [6, 6.07) is 12.7. The first-order valence-electron chi connectivity index (χ1n) is 7.19. The third kappa shape index (κ3) is 3.09. The SMILES string of the molecule is Cc1ccc(C=C2C(=O)NC(=S)N(c3ccc(F)cc3)C2=O)cc1. The van der Waals surface area contributed by atoms with Crippen molar-refractivity contribution in [3.63, 3.8) is 0 Å². The fourth-order valence-corrected chi connectivity index (χ4v) is 2.59. The topological polar surface area (TPSA) is 49.4 Å². The van der Waals surface area contributed by atoms with Gasteiger partial charge in [0.2, 0.25) is 0 Å². The van der Waals surface area contributed by atoms with Crippen LogP contribution in [-0.2, 0) is 9.59 Å². The highest BCUT2D eigenvalue weighted by Crippen LogP contribution is 2.22. The highest BCUT2D eigenvalue weighted by Gasteiger charge is 2.34. The molecule has 2 aromatic carbocycles. The van der Waals surface area contributed by atoms with Crippen LogP contribution in [0.15, 0.2) is 54.1 Å². The van der Waals surface area contributed by atoms with Crippen LogP contribution in [0.4, 0.5) is 10.1 Å². The molecule has 0 spiro atoms. The Morgan fingerprint density at radius 2 is 1.67 bits per heavy atom. The summed E-state index contributed by atoms with van der Waals surface area (Å²) in [5.41, 5.74) is 2.16. The van der Waals surface area contributed by atoms with E-state index in [1.165, 1.54) is 35.2 Å². The van der Waals surface area contributed by atoms with Crippen molar-refractivity contribution in [2.24, 2.45) is 0 Å². The molecule has 0 bridgehead atoms. The molecule has 6 heteroatoms. The molecule has 0 atom stereocenters. The van der Waals surface area contributed by atoms with E-state index in [1.807, 2.05) is 31.2 Å². The fraction of sp³-hybridized carbons (Fsp3) is 0.0556.